The lowest BCUT2D eigenvalue weighted by molar-refractivity contribution is 0.0946. The maximum atomic E-state index is 12.3. The van der Waals surface area contributed by atoms with Crippen molar-refractivity contribution in [3.8, 4) is 0 Å². The predicted octanol–water partition coefficient (Wildman–Crippen LogP) is 3.20. The number of nitrogens with zero attached hydrogens (tertiary/aromatic N) is 2. The Kier molecular flexibility index (Phi) is 4.57. The van der Waals surface area contributed by atoms with E-state index in [0.717, 1.165) is 24.5 Å². The number of carbonyl (C=O) groups is 1. The van der Waals surface area contributed by atoms with Gasteiger partial charge in [0.2, 0.25) is 0 Å². The van der Waals surface area contributed by atoms with Crippen LogP contribution in [0.2, 0.25) is 5.02 Å². The highest BCUT2D eigenvalue weighted by Gasteiger charge is 2.24. The summed E-state index contributed by atoms with van der Waals surface area (Å²) in [5.41, 5.74) is 2.36. The van der Waals surface area contributed by atoms with Gasteiger partial charge in [0.05, 0.1) is 5.69 Å². The fraction of sp³-hybridized carbons (Fsp3) is 0.412. The number of aryl methyl sites for hydroxylation is 2. The first-order valence-corrected chi connectivity index (χ1v) is 8.14. The van der Waals surface area contributed by atoms with Crippen molar-refractivity contribution in [2.45, 2.75) is 20.3 Å². The van der Waals surface area contributed by atoms with E-state index in [1.807, 2.05) is 24.3 Å². The fourth-order valence-corrected chi connectivity index (χ4v) is 3.14. The summed E-state index contributed by atoms with van der Waals surface area (Å²) in [7, 11) is 0. The number of halogens is 1. The summed E-state index contributed by atoms with van der Waals surface area (Å²) in [4.78, 5) is 14.6. The molecule has 1 saturated heterocycles. The molecule has 1 aromatic carbocycles. The van der Waals surface area contributed by atoms with E-state index in [1.165, 1.54) is 5.69 Å². The molecule has 0 aliphatic carbocycles. The maximum absolute atomic E-state index is 12.3. The molecule has 23 heavy (non-hydrogen) atoms. The number of aromatic nitrogens is 1. The zero-order valence-electron chi connectivity index (χ0n) is 13.3. The minimum atomic E-state index is -0.105. The molecule has 1 aliphatic rings. The highest BCUT2D eigenvalue weighted by molar-refractivity contribution is 6.30. The van der Waals surface area contributed by atoms with Crippen LogP contribution >= 0.6 is 11.6 Å². The molecular weight excluding hydrogens is 314 g/mol. The zero-order chi connectivity index (χ0) is 16.4. The summed E-state index contributed by atoms with van der Waals surface area (Å²) >= 11 is 5.93. The van der Waals surface area contributed by atoms with Crippen molar-refractivity contribution < 1.29 is 9.32 Å². The van der Waals surface area contributed by atoms with Crippen LogP contribution in [-0.4, -0.2) is 30.7 Å². The zero-order valence-corrected chi connectivity index (χ0v) is 14.1. The first-order valence-electron chi connectivity index (χ1n) is 7.76. The Balaban J connectivity index is 1.54. The molecule has 1 amide bonds. The topological polar surface area (TPSA) is 58.4 Å². The maximum Gasteiger partial charge on any atom is 0.256 e. The van der Waals surface area contributed by atoms with Crippen LogP contribution < -0.4 is 10.2 Å². The second kappa shape index (κ2) is 6.62. The molecule has 2 aromatic rings. The largest absolute Gasteiger partial charge is 0.371 e. The van der Waals surface area contributed by atoms with Crippen LogP contribution in [0.25, 0.3) is 0 Å². The van der Waals surface area contributed by atoms with Gasteiger partial charge in [0.25, 0.3) is 5.91 Å². The molecule has 1 fully saturated rings. The molecule has 122 valence electrons. The highest BCUT2D eigenvalue weighted by atomic mass is 35.5. The minimum absolute atomic E-state index is 0.105. The van der Waals surface area contributed by atoms with Crippen molar-refractivity contribution in [3.05, 3.63) is 46.3 Å². The molecule has 1 N–H and O–H groups in total. The Labute approximate surface area is 140 Å². The van der Waals surface area contributed by atoms with Crippen LogP contribution in [0.5, 0.6) is 0 Å². The number of benzene rings is 1. The molecule has 0 bridgehead atoms. The van der Waals surface area contributed by atoms with Gasteiger partial charge in [-0.05, 0) is 50.5 Å². The van der Waals surface area contributed by atoms with E-state index < -0.39 is 0 Å². The van der Waals surface area contributed by atoms with Gasteiger partial charge in [-0.15, -0.1) is 0 Å². The van der Waals surface area contributed by atoms with Crippen LogP contribution in [0.1, 0.15) is 28.2 Å². The van der Waals surface area contributed by atoms with E-state index in [2.05, 4.69) is 15.4 Å². The summed E-state index contributed by atoms with van der Waals surface area (Å²) in [5.74, 6) is 0.899. The summed E-state index contributed by atoms with van der Waals surface area (Å²) in [6.45, 7) is 6.12. The molecule has 2 heterocycles. The smallest absolute Gasteiger partial charge is 0.256 e. The second-order valence-electron chi connectivity index (χ2n) is 5.99. The van der Waals surface area contributed by atoms with E-state index >= 15 is 0 Å². The number of carbonyl (C=O) groups excluding carboxylic acids is 1. The molecule has 6 heteroatoms. The van der Waals surface area contributed by atoms with Crippen LogP contribution in [0, 0.1) is 19.8 Å². The predicted molar refractivity (Wildman–Crippen MR) is 90.1 cm³/mol. The van der Waals surface area contributed by atoms with Gasteiger partial charge in [-0.1, -0.05) is 16.8 Å². The van der Waals surface area contributed by atoms with Gasteiger partial charge in [0, 0.05) is 30.3 Å². The average molecular weight is 334 g/mol. The first kappa shape index (κ1) is 15.9. The van der Waals surface area contributed by atoms with Crippen molar-refractivity contribution >= 4 is 23.2 Å². The lowest BCUT2D eigenvalue weighted by Gasteiger charge is -2.19. The first-order chi connectivity index (χ1) is 11.0. The number of nitrogens with one attached hydrogen (secondary N) is 1. The van der Waals surface area contributed by atoms with E-state index in [-0.39, 0.29) is 5.91 Å². The molecule has 3 rings (SSSR count). The van der Waals surface area contributed by atoms with Crippen molar-refractivity contribution in [3.63, 3.8) is 0 Å². The summed E-state index contributed by atoms with van der Waals surface area (Å²) < 4.78 is 5.04. The molecule has 1 aromatic heterocycles. The molecule has 0 spiro atoms. The van der Waals surface area contributed by atoms with Crippen molar-refractivity contribution in [2.24, 2.45) is 5.92 Å². The highest BCUT2D eigenvalue weighted by Crippen LogP contribution is 2.25. The van der Waals surface area contributed by atoms with Crippen LogP contribution in [-0.2, 0) is 0 Å². The van der Waals surface area contributed by atoms with Gasteiger partial charge < -0.3 is 14.7 Å². The monoisotopic (exact) mass is 333 g/mol. The van der Waals surface area contributed by atoms with Crippen LogP contribution in [0.15, 0.2) is 28.8 Å². The summed E-state index contributed by atoms with van der Waals surface area (Å²) in [6.07, 6.45) is 1.06. The van der Waals surface area contributed by atoms with Gasteiger partial charge in [0.15, 0.2) is 0 Å². The lowest BCUT2D eigenvalue weighted by atomic mass is 10.1. The molecule has 0 unspecified atom stereocenters. The van der Waals surface area contributed by atoms with E-state index in [9.17, 15) is 4.79 Å². The van der Waals surface area contributed by atoms with Crippen molar-refractivity contribution in [1.29, 1.82) is 0 Å². The van der Waals surface area contributed by atoms with Gasteiger partial charge in [0.1, 0.15) is 11.3 Å². The van der Waals surface area contributed by atoms with Crippen LogP contribution in [0.3, 0.4) is 0 Å². The number of rotatable bonds is 4. The van der Waals surface area contributed by atoms with Gasteiger partial charge in [-0.2, -0.15) is 0 Å². The Morgan fingerprint density at radius 2 is 2.13 bits per heavy atom. The molecule has 0 saturated carbocycles. The second-order valence-corrected chi connectivity index (χ2v) is 6.42. The van der Waals surface area contributed by atoms with Gasteiger partial charge >= 0.3 is 0 Å². The SMILES string of the molecule is Cc1noc(C)c1C(=O)NC[C@@H]1CCN(c2ccc(Cl)cc2)C1. The normalized spacial score (nSPS) is 17.5. The van der Waals surface area contributed by atoms with Crippen molar-refractivity contribution in [2.75, 3.05) is 24.5 Å². The number of anilines is 1. The third kappa shape index (κ3) is 3.50. The van der Waals surface area contributed by atoms with E-state index in [0.29, 0.717) is 29.5 Å². The Bertz CT molecular complexity index is 677. The molecule has 1 atom stereocenters. The Hall–Kier alpha value is -2.01. The average Bonchev–Trinajstić information content (AvgIpc) is 3.13. The van der Waals surface area contributed by atoms with Gasteiger partial charge in [-0.3, -0.25) is 4.79 Å². The third-order valence-electron chi connectivity index (χ3n) is 4.29. The molecular formula is C17H20ClN3O2. The van der Waals surface area contributed by atoms with E-state index in [4.69, 9.17) is 16.1 Å². The van der Waals surface area contributed by atoms with E-state index in [1.54, 1.807) is 13.8 Å². The molecule has 5 nitrogen and oxygen atoms in total. The van der Waals surface area contributed by atoms with Gasteiger partial charge in [-0.25, -0.2) is 0 Å². The number of amides is 1. The number of hydrogen-bond donors (Lipinski definition) is 1. The quantitative estimate of drug-likeness (QED) is 0.933. The summed E-state index contributed by atoms with van der Waals surface area (Å²) in [5, 5.41) is 7.57. The Morgan fingerprint density at radius 3 is 2.78 bits per heavy atom. The Morgan fingerprint density at radius 1 is 1.39 bits per heavy atom. The lowest BCUT2D eigenvalue weighted by Crippen LogP contribution is -2.31. The fourth-order valence-electron chi connectivity index (χ4n) is 3.02. The minimum Gasteiger partial charge on any atom is -0.371 e. The van der Waals surface area contributed by atoms with Crippen LogP contribution in [0.4, 0.5) is 5.69 Å². The molecule has 0 radical (unpaired) electrons. The summed E-state index contributed by atoms with van der Waals surface area (Å²) in [6, 6.07) is 7.88. The third-order valence-corrected chi connectivity index (χ3v) is 4.54. The van der Waals surface area contributed by atoms with Crippen molar-refractivity contribution in [1.82, 2.24) is 10.5 Å². The molecule has 1 aliphatic heterocycles. The number of hydrogen-bond acceptors (Lipinski definition) is 4. The standard InChI is InChI=1S/C17H20ClN3O2/c1-11-16(12(2)23-20-11)17(22)19-9-13-7-8-21(10-13)15-5-3-14(18)4-6-15/h3-6,13H,7-10H2,1-2H3,(H,19,22)/t13-/m0/s1.